The van der Waals surface area contributed by atoms with Gasteiger partial charge in [-0.3, -0.25) is 4.57 Å². The monoisotopic (exact) mass is 549 g/mol. The summed E-state index contributed by atoms with van der Waals surface area (Å²) in [4.78, 5) is 13.3. The quantitative estimate of drug-likeness (QED) is 0.257. The molecular formula is C28H26F3N7O2. The number of ether oxygens (including phenoxy) is 1. The molecule has 0 atom stereocenters. The van der Waals surface area contributed by atoms with Crippen LogP contribution >= 0.6 is 0 Å². The summed E-state index contributed by atoms with van der Waals surface area (Å²) >= 11 is 0. The van der Waals surface area contributed by atoms with E-state index in [9.17, 15) is 18.0 Å². The molecule has 3 aromatic carbocycles. The molecule has 12 heteroatoms. The number of nitrogens with zero attached hydrogens (tertiary/aromatic N) is 6. The number of aromatic nitrogens is 7. The number of halogens is 3. The maximum absolute atomic E-state index is 13.6. The van der Waals surface area contributed by atoms with E-state index in [1.807, 2.05) is 43.3 Å². The fourth-order valence-electron chi connectivity index (χ4n) is 4.25. The second-order valence-electron chi connectivity index (χ2n) is 9.19. The third-order valence-corrected chi connectivity index (χ3v) is 6.37. The van der Waals surface area contributed by atoms with E-state index < -0.39 is 17.4 Å². The van der Waals surface area contributed by atoms with Crippen LogP contribution in [0.2, 0.25) is 0 Å². The highest BCUT2D eigenvalue weighted by Gasteiger charge is 2.34. The molecule has 0 fully saturated rings. The number of unbranched alkanes of at least 4 members (excludes halogenated alkanes) is 1. The second kappa shape index (κ2) is 11.6. The Bertz CT molecular complexity index is 1610. The van der Waals surface area contributed by atoms with Crippen LogP contribution < -0.4 is 10.4 Å². The molecule has 2 heterocycles. The number of nitrogens with one attached hydrogen (secondary N) is 1. The van der Waals surface area contributed by atoms with Crippen LogP contribution in [0, 0.1) is 0 Å². The minimum absolute atomic E-state index is 0.171. The standard InChI is InChI=1S/C28H26F3N7O2/c1-2-3-8-25-34-38(24-7-5-4-6-23(24)28(29,30)31)27(39)37(25)17-19-11-15-22(16-12-19)40-18-20-9-13-21(14-10-20)26-32-35-36-33-26/h4-7,9-16H,2-3,8,17-18H2,1H3,(H,32,33,35,36). The van der Waals surface area contributed by atoms with Crippen molar-refractivity contribution >= 4 is 0 Å². The van der Waals surface area contributed by atoms with E-state index in [-0.39, 0.29) is 12.2 Å². The first kappa shape index (κ1) is 26.9. The van der Waals surface area contributed by atoms with Crippen molar-refractivity contribution in [2.45, 2.75) is 45.5 Å². The molecular weight excluding hydrogens is 523 g/mol. The van der Waals surface area contributed by atoms with Crippen molar-refractivity contribution in [3.8, 4) is 22.8 Å². The Morgan fingerprint density at radius 3 is 2.35 bits per heavy atom. The third-order valence-electron chi connectivity index (χ3n) is 6.37. The Kier molecular flexibility index (Phi) is 7.76. The molecule has 0 unspecified atom stereocenters. The first-order valence-electron chi connectivity index (χ1n) is 12.7. The van der Waals surface area contributed by atoms with Crippen LogP contribution in [0.25, 0.3) is 17.1 Å². The highest BCUT2D eigenvalue weighted by atomic mass is 19.4. The number of hydrogen-bond donors (Lipinski definition) is 1. The number of alkyl halides is 3. The van der Waals surface area contributed by atoms with Gasteiger partial charge in [-0.05, 0) is 52.2 Å². The Hall–Kier alpha value is -4.74. The van der Waals surface area contributed by atoms with Gasteiger partial charge in [0.05, 0.1) is 17.8 Å². The summed E-state index contributed by atoms with van der Waals surface area (Å²) in [6.07, 6.45) is -2.54. The van der Waals surface area contributed by atoms with Crippen molar-refractivity contribution in [3.63, 3.8) is 0 Å². The maximum Gasteiger partial charge on any atom is 0.418 e. The largest absolute Gasteiger partial charge is 0.489 e. The molecule has 5 rings (SSSR count). The molecule has 40 heavy (non-hydrogen) atoms. The lowest BCUT2D eigenvalue weighted by molar-refractivity contribution is -0.137. The van der Waals surface area contributed by atoms with Gasteiger partial charge >= 0.3 is 11.9 Å². The van der Waals surface area contributed by atoms with E-state index in [0.29, 0.717) is 30.4 Å². The van der Waals surface area contributed by atoms with Crippen LogP contribution in [-0.4, -0.2) is 35.0 Å². The van der Waals surface area contributed by atoms with Gasteiger partial charge in [-0.25, -0.2) is 9.89 Å². The molecule has 0 amide bonds. The minimum Gasteiger partial charge on any atom is -0.489 e. The molecule has 9 nitrogen and oxygen atoms in total. The minimum atomic E-state index is -4.62. The second-order valence-corrected chi connectivity index (χ2v) is 9.19. The van der Waals surface area contributed by atoms with Gasteiger partial charge in [-0.1, -0.05) is 61.9 Å². The van der Waals surface area contributed by atoms with E-state index in [1.165, 1.54) is 22.8 Å². The summed E-state index contributed by atoms with van der Waals surface area (Å²) in [6.45, 7) is 2.52. The average molecular weight is 550 g/mol. The Morgan fingerprint density at radius 2 is 1.68 bits per heavy atom. The van der Waals surface area contributed by atoms with E-state index in [0.717, 1.165) is 40.3 Å². The zero-order chi connectivity index (χ0) is 28.1. The van der Waals surface area contributed by atoms with E-state index >= 15 is 0 Å². The Labute approximate surface area is 227 Å². The molecule has 0 saturated carbocycles. The highest BCUT2D eigenvalue weighted by molar-refractivity contribution is 5.54. The van der Waals surface area contributed by atoms with Crippen molar-refractivity contribution in [1.29, 1.82) is 0 Å². The predicted octanol–water partition coefficient (Wildman–Crippen LogP) is 5.20. The van der Waals surface area contributed by atoms with Gasteiger partial charge in [-0.15, -0.1) is 10.2 Å². The van der Waals surface area contributed by atoms with Gasteiger partial charge in [-0.2, -0.15) is 17.9 Å². The zero-order valence-electron chi connectivity index (χ0n) is 21.6. The van der Waals surface area contributed by atoms with E-state index in [4.69, 9.17) is 4.74 Å². The number of benzene rings is 3. The average Bonchev–Trinajstić information content (AvgIpc) is 3.60. The van der Waals surface area contributed by atoms with Crippen LogP contribution in [0.4, 0.5) is 13.2 Å². The van der Waals surface area contributed by atoms with Gasteiger partial charge in [0.2, 0.25) is 0 Å². The summed E-state index contributed by atoms with van der Waals surface area (Å²) in [5.74, 6) is 1.66. The van der Waals surface area contributed by atoms with Crippen molar-refractivity contribution in [3.05, 3.63) is 106 Å². The van der Waals surface area contributed by atoms with Gasteiger partial charge in [0, 0.05) is 12.0 Å². The molecule has 1 N–H and O–H groups in total. The number of rotatable bonds is 10. The van der Waals surface area contributed by atoms with Gasteiger partial charge in [0.15, 0.2) is 5.82 Å². The van der Waals surface area contributed by atoms with Crippen LogP contribution in [0.15, 0.2) is 77.6 Å². The predicted molar refractivity (Wildman–Crippen MR) is 141 cm³/mol. The lowest BCUT2D eigenvalue weighted by Crippen LogP contribution is -2.26. The smallest absolute Gasteiger partial charge is 0.418 e. The molecule has 5 aromatic rings. The van der Waals surface area contributed by atoms with E-state index in [2.05, 4.69) is 25.7 Å². The molecule has 0 aliphatic rings. The zero-order valence-corrected chi connectivity index (χ0v) is 21.6. The van der Waals surface area contributed by atoms with Gasteiger partial charge < -0.3 is 4.74 Å². The maximum atomic E-state index is 13.6. The molecule has 0 saturated heterocycles. The number of aromatic amines is 1. The van der Waals surface area contributed by atoms with Gasteiger partial charge in [0.1, 0.15) is 18.2 Å². The molecule has 2 aromatic heterocycles. The van der Waals surface area contributed by atoms with Gasteiger partial charge in [0.25, 0.3) is 0 Å². The highest BCUT2D eigenvalue weighted by Crippen LogP contribution is 2.33. The van der Waals surface area contributed by atoms with Crippen molar-refractivity contribution < 1.29 is 17.9 Å². The summed E-state index contributed by atoms with van der Waals surface area (Å²) < 4.78 is 49.1. The van der Waals surface area contributed by atoms with Crippen LogP contribution in [-0.2, 0) is 25.7 Å². The van der Waals surface area contributed by atoms with Crippen LogP contribution in [0.3, 0.4) is 0 Å². The lowest BCUT2D eigenvalue weighted by Gasteiger charge is -2.11. The fourth-order valence-corrected chi connectivity index (χ4v) is 4.25. The molecule has 206 valence electrons. The third kappa shape index (κ3) is 5.95. The topological polar surface area (TPSA) is 104 Å². The molecule has 0 bridgehead atoms. The SMILES string of the molecule is CCCCc1nn(-c2ccccc2C(F)(F)F)c(=O)n1Cc1ccc(OCc2ccc(-c3nnn[nH]3)cc2)cc1. The van der Waals surface area contributed by atoms with Crippen molar-refractivity contribution in [2.24, 2.45) is 0 Å². The Balaban J connectivity index is 1.32. The number of hydrogen-bond acceptors (Lipinski definition) is 6. The van der Waals surface area contributed by atoms with E-state index in [1.54, 1.807) is 12.1 Å². The molecule has 0 aliphatic heterocycles. The number of H-pyrrole nitrogens is 1. The Morgan fingerprint density at radius 1 is 0.950 bits per heavy atom. The van der Waals surface area contributed by atoms with Crippen LogP contribution in [0.5, 0.6) is 5.75 Å². The molecule has 0 aliphatic carbocycles. The summed E-state index contributed by atoms with van der Waals surface area (Å²) in [5.41, 5.74) is 0.796. The molecule has 0 radical (unpaired) electrons. The number of para-hydroxylation sites is 1. The first-order chi connectivity index (χ1) is 19.3. The number of aryl methyl sites for hydroxylation is 1. The lowest BCUT2D eigenvalue weighted by atomic mass is 10.1. The van der Waals surface area contributed by atoms with Crippen molar-refractivity contribution in [1.82, 2.24) is 35.0 Å². The number of tetrazole rings is 1. The van der Waals surface area contributed by atoms with Crippen LogP contribution in [0.1, 0.15) is 42.3 Å². The summed E-state index contributed by atoms with van der Waals surface area (Å²) in [6, 6.07) is 19.8. The normalized spacial score (nSPS) is 11.6. The fraction of sp³-hybridized carbons (Fsp3) is 0.250. The first-order valence-corrected chi connectivity index (χ1v) is 12.7. The summed E-state index contributed by atoms with van der Waals surface area (Å²) in [5, 5.41) is 18.1. The molecule has 0 spiro atoms. The summed E-state index contributed by atoms with van der Waals surface area (Å²) in [7, 11) is 0. The van der Waals surface area contributed by atoms with Crippen molar-refractivity contribution in [2.75, 3.05) is 0 Å².